The Labute approximate surface area is 170 Å². The third kappa shape index (κ3) is 3.70. The molecule has 1 saturated carbocycles. The molecule has 3 rings (SSSR count). The van der Waals surface area contributed by atoms with Crippen LogP contribution in [0.2, 0.25) is 0 Å². The van der Waals surface area contributed by atoms with Crippen molar-refractivity contribution in [2.45, 2.75) is 58.3 Å². The van der Waals surface area contributed by atoms with Gasteiger partial charge in [0, 0.05) is 6.07 Å². The van der Waals surface area contributed by atoms with Crippen LogP contribution in [0.4, 0.5) is 0 Å². The number of hydrogen-bond donors (Lipinski definition) is 0. The molecule has 2 aliphatic rings. The highest BCUT2D eigenvalue weighted by atomic mass is 32.2. The zero-order chi connectivity index (χ0) is 20.7. The number of fused-ring (bicyclic) bond motifs is 1. The quantitative estimate of drug-likeness (QED) is 0.625. The maximum absolute atomic E-state index is 13.4. The molecule has 3 atom stereocenters. The Morgan fingerprint density at radius 2 is 1.64 bits per heavy atom. The first-order valence-electron chi connectivity index (χ1n) is 10.2. The number of hydrogen-bond acceptors (Lipinski definition) is 4. The van der Waals surface area contributed by atoms with E-state index in [2.05, 4.69) is 33.8 Å². The second-order valence-corrected chi connectivity index (χ2v) is 11.5. The van der Waals surface area contributed by atoms with E-state index < -0.39 is 9.84 Å². The molecule has 28 heavy (non-hydrogen) atoms. The van der Waals surface area contributed by atoms with Crippen LogP contribution in [0.5, 0.6) is 11.5 Å². The van der Waals surface area contributed by atoms with Crippen molar-refractivity contribution in [1.82, 2.24) is 0 Å². The number of ether oxygens (including phenoxy) is 2. The van der Waals surface area contributed by atoms with Crippen LogP contribution in [-0.2, 0) is 9.84 Å². The molecule has 1 fully saturated rings. The van der Waals surface area contributed by atoms with Crippen LogP contribution in [0, 0.1) is 22.7 Å². The van der Waals surface area contributed by atoms with Crippen LogP contribution >= 0.6 is 0 Å². The third-order valence-electron chi connectivity index (χ3n) is 7.37. The first kappa shape index (κ1) is 21.2. The van der Waals surface area contributed by atoms with E-state index in [9.17, 15) is 8.42 Å². The smallest absolute Gasteiger partial charge is 0.179 e. The third-order valence-corrected chi connectivity index (χ3v) is 9.09. The van der Waals surface area contributed by atoms with Gasteiger partial charge < -0.3 is 9.47 Å². The van der Waals surface area contributed by atoms with Crippen molar-refractivity contribution in [1.29, 1.82) is 0 Å². The van der Waals surface area contributed by atoms with E-state index in [0.717, 1.165) is 19.3 Å². The number of methoxy groups -OCH3 is 2. The van der Waals surface area contributed by atoms with Crippen molar-refractivity contribution in [3.63, 3.8) is 0 Å². The molecule has 0 N–H and O–H groups in total. The molecule has 1 aromatic carbocycles. The van der Waals surface area contributed by atoms with Crippen molar-refractivity contribution in [2.75, 3.05) is 20.0 Å². The SMILES string of the molecule is COc1cc(OC)cc(S(=O)(=O)CC2C(C)=CC[C@H]3C(C)(C)CCC[C@]23C)c1. The summed E-state index contributed by atoms with van der Waals surface area (Å²) >= 11 is 0. The molecule has 0 heterocycles. The van der Waals surface area contributed by atoms with E-state index >= 15 is 0 Å². The Morgan fingerprint density at radius 1 is 1.04 bits per heavy atom. The number of sulfone groups is 1. The van der Waals surface area contributed by atoms with Gasteiger partial charge in [-0.25, -0.2) is 8.42 Å². The summed E-state index contributed by atoms with van der Waals surface area (Å²) in [5.74, 6) is 1.67. The van der Waals surface area contributed by atoms with Crippen LogP contribution in [0.1, 0.15) is 53.4 Å². The summed E-state index contributed by atoms with van der Waals surface area (Å²) in [7, 11) is -0.412. The molecule has 5 heteroatoms. The topological polar surface area (TPSA) is 52.6 Å². The molecule has 0 radical (unpaired) electrons. The summed E-state index contributed by atoms with van der Waals surface area (Å²) in [6.45, 7) is 9.13. The Balaban J connectivity index is 1.99. The highest BCUT2D eigenvalue weighted by Crippen LogP contribution is 2.60. The van der Waals surface area contributed by atoms with Gasteiger partial charge in [-0.15, -0.1) is 0 Å². The van der Waals surface area contributed by atoms with E-state index in [-0.39, 0.29) is 27.4 Å². The second-order valence-electron chi connectivity index (χ2n) is 9.47. The van der Waals surface area contributed by atoms with Gasteiger partial charge in [-0.05, 0) is 61.0 Å². The van der Waals surface area contributed by atoms with E-state index in [0.29, 0.717) is 17.4 Å². The van der Waals surface area contributed by atoms with E-state index in [4.69, 9.17) is 9.47 Å². The molecular weight excluding hydrogens is 372 g/mol. The van der Waals surface area contributed by atoms with Gasteiger partial charge >= 0.3 is 0 Å². The van der Waals surface area contributed by atoms with Crippen molar-refractivity contribution in [3.05, 3.63) is 29.8 Å². The molecule has 0 bridgehead atoms. The number of rotatable bonds is 5. The van der Waals surface area contributed by atoms with Gasteiger partial charge in [-0.2, -0.15) is 0 Å². The molecule has 0 saturated heterocycles. The van der Waals surface area contributed by atoms with Gasteiger partial charge in [0.05, 0.1) is 24.9 Å². The first-order chi connectivity index (χ1) is 13.0. The van der Waals surface area contributed by atoms with Gasteiger partial charge in [-0.1, -0.05) is 38.8 Å². The van der Waals surface area contributed by atoms with Gasteiger partial charge in [0.2, 0.25) is 0 Å². The Kier molecular flexibility index (Phi) is 5.61. The first-order valence-corrected chi connectivity index (χ1v) is 11.8. The van der Waals surface area contributed by atoms with Crippen LogP contribution in [0.3, 0.4) is 0 Å². The normalized spacial score (nSPS) is 29.6. The van der Waals surface area contributed by atoms with Gasteiger partial charge in [0.15, 0.2) is 9.84 Å². The van der Waals surface area contributed by atoms with E-state index in [1.54, 1.807) is 18.2 Å². The summed E-state index contributed by atoms with van der Waals surface area (Å²) in [6, 6.07) is 4.90. The Hall–Kier alpha value is -1.49. The predicted molar refractivity (Wildman–Crippen MR) is 113 cm³/mol. The highest BCUT2D eigenvalue weighted by Gasteiger charge is 2.52. The minimum absolute atomic E-state index is 0.0105. The van der Waals surface area contributed by atoms with Crippen molar-refractivity contribution in [2.24, 2.45) is 22.7 Å². The molecular formula is C23H34O4S. The summed E-state index contributed by atoms with van der Waals surface area (Å²) in [6.07, 6.45) is 6.81. The van der Waals surface area contributed by atoms with Gasteiger partial charge in [-0.3, -0.25) is 0 Å². The maximum atomic E-state index is 13.4. The zero-order valence-electron chi connectivity index (χ0n) is 18.0. The summed E-state index contributed by atoms with van der Waals surface area (Å²) < 4.78 is 37.4. The minimum Gasteiger partial charge on any atom is -0.497 e. The van der Waals surface area contributed by atoms with Crippen LogP contribution in [-0.4, -0.2) is 28.4 Å². The fourth-order valence-electron chi connectivity index (χ4n) is 5.74. The molecule has 0 amide bonds. The molecule has 0 spiro atoms. The zero-order valence-corrected chi connectivity index (χ0v) is 18.9. The molecule has 4 nitrogen and oxygen atoms in total. The monoisotopic (exact) mass is 406 g/mol. The van der Waals surface area contributed by atoms with E-state index in [1.165, 1.54) is 26.2 Å². The van der Waals surface area contributed by atoms with Crippen LogP contribution in [0.25, 0.3) is 0 Å². The molecule has 1 aromatic rings. The highest BCUT2D eigenvalue weighted by molar-refractivity contribution is 7.91. The fraction of sp³-hybridized carbons (Fsp3) is 0.652. The Bertz CT molecular complexity index is 846. The fourth-order valence-corrected chi connectivity index (χ4v) is 7.60. The standard InChI is InChI=1S/C23H34O4S/c1-16-8-9-21-22(2,3)10-7-11-23(21,4)20(16)15-28(24,25)19-13-17(26-5)12-18(14-19)27-6/h8,12-14,20-21H,7,9-11,15H2,1-6H3/t20?,21-,23+/m0/s1. The van der Waals surface area contributed by atoms with E-state index in [1.807, 2.05) is 0 Å². The molecule has 0 aliphatic heterocycles. The van der Waals surface area contributed by atoms with Crippen molar-refractivity contribution < 1.29 is 17.9 Å². The lowest BCUT2D eigenvalue weighted by molar-refractivity contribution is -0.0309. The predicted octanol–water partition coefficient (Wildman–Crippen LogP) is 5.28. The summed E-state index contributed by atoms with van der Waals surface area (Å²) in [5.41, 5.74) is 1.47. The lowest BCUT2D eigenvalue weighted by Crippen LogP contribution is -2.50. The molecule has 2 aliphatic carbocycles. The Morgan fingerprint density at radius 3 is 2.21 bits per heavy atom. The van der Waals surface area contributed by atoms with Gasteiger partial charge in [0.25, 0.3) is 0 Å². The van der Waals surface area contributed by atoms with Crippen molar-refractivity contribution >= 4 is 9.84 Å². The summed E-state index contributed by atoms with van der Waals surface area (Å²) in [5, 5.41) is 0. The van der Waals surface area contributed by atoms with Crippen LogP contribution in [0.15, 0.2) is 34.7 Å². The maximum Gasteiger partial charge on any atom is 0.179 e. The van der Waals surface area contributed by atoms with Crippen molar-refractivity contribution in [3.8, 4) is 11.5 Å². The molecule has 1 unspecified atom stereocenters. The summed E-state index contributed by atoms with van der Waals surface area (Å²) in [4.78, 5) is 0.275. The van der Waals surface area contributed by atoms with Crippen LogP contribution < -0.4 is 9.47 Å². The van der Waals surface area contributed by atoms with Gasteiger partial charge in [0.1, 0.15) is 11.5 Å². The molecule has 156 valence electrons. The average Bonchev–Trinajstić information content (AvgIpc) is 2.63. The largest absolute Gasteiger partial charge is 0.497 e. The molecule has 0 aromatic heterocycles. The second kappa shape index (κ2) is 7.40. The number of allylic oxidation sites excluding steroid dienone is 2. The lowest BCUT2D eigenvalue weighted by atomic mass is 9.49. The lowest BCUT2D eigenvalue weighted by Gasteiger charge is -2.56. The minimum atomic E-state index is -3.48. The average molecular weight is 407 g/mol. The number of benzene rings is 1.